The molecule has 94 valence electrons. The number of aromatic nitrogens is 2. The first-order valence-corrected chi connectivity index (χ1v) is 6.05. The Morgan fingerprint density at radius 2 is 2.06 bits per heavy atom. The SMILES string of the molecule is CC(C)CNC(=O)c1cnn(-c2ccccc2)c1. The van der Waals surface area contributed by atoms with Gasteiger partial charge in [0.25, 0.3) is 5.91 Å². The lowest BCUT2D eigenvalue weighted by molar-refractivity contribution is 0.0949. The zero-order chi connectivity index (χ0) is 13.0. The van der Waals surface area contributed by atoms with Crippen molar-refractivity contribution in [3.05, 3.63) is 48.3 Å². The Labute approximate surface area is 107 Å². The Bertz CT molecular complexity index is 517. The molecule has 2 rings (SSSR count). The second kappa shape index (κ2) is 5.49. The fraction of sp³-hybridized carbons (Fsp3) is 0.286. The number of para-hydroxylation sites is 1. The van der Waals surface area contributed by atoms with E-state index in [1.54, 1.807) is 17.1 Å². The lowest BCUT2D eigenvalue weighted by atomic mass is 10.2. The maximum atomic E-state index is 11.8. The number of nitrogens with one attached hydrogen (secondary N) is 1. The Kier molecular flexibility index (Phi) is 3.77. The first-order valence-electron chi connectivity index (χ1n) is 6.05. The molecule has 0 radical (unpaired) electrons. The van der Waals surface area contributed by atoms with E-state index in [0.29, 0.717) is 18.0 Å². The van der Waals surface area contributed by atoms with Crippen LogP contribution in [0.4, 0.5) is 0 Å². The topological polar surface area (TPSA) is 46.9 Å². The second-order valence-electron chi connectivity index (χ2n) is 4.61. The molecule has 0 bridgehead atoms. The molecule has 0 aliphatic heterocycles. The van der Waals surface area contributed by atoms with Crippen LogP contribution in [0.2, 0.25) is 0 Å². The van der Waals surface area contributed by atoms with Crippen LogP contribution in [-0.2, 0) is 0 Å². The summed E-state index contributed by atoms with van der Waals surface area (Å²) in [7, 11) is 0. The van der Waals surface area contributed by atoms with Crippen LogP contribution in [0.3, 0.4) is 0 Å². The van der Waals surface area contributed by atoms with Crippen molar-refractivity contribution in [1.29, 1.82) is 0 Å². The molecule has 0 fully saturated rings. The second-order valence-corrected chi connectivity index (χ2v) is 4.61. The minimum atomic E-state index is -0.0779. The van der Waals surface area contributed by atoms with Crippen molar-refractivity contribution in [3.8, 4) is 5.69 Å². The normalized spacial score (nSPS) is 10.6. The molecule has 0 saturated carbocycles. The highest BCUT2D eigenvalue weighted by atomic mass is 16.1. The summed E-state index contributed by atoms with van der Waals surface area (Å²) in [5.41, 5.74) is 1.53. The van der Waals surface area contributed by atoms with Crippen LogP contribution in [0.5, 0.6) is 0 Å². The maximum absolute atomic E-state index is 11.8. The number of carbonyl (C=O) groups is 1. The van der Waals surface area contributed by atoms with Gasteiger partial charge in [0, 0.05) is 12.7 Å². The highest BCUT2D eigenvalue weighted by Crippen LogP contribution is 2.07. The number of nitrogens with zero attached hydrogens (tertiary/aromatic N) is 2. The Morgan fingerprint density at radius 3 is 2.72 bits per heavy atom. The molecule has 0 aliphatic rings. The molecule has 0 saturated heterocycles. The highest BCUT2D eigenvalue weighted by Gasteiger charge is 2.09. The Morgan fingerprint density at radius 1 is 1.33 bits per heavy atom. The van der Waals surface area contributed by atoms with Crippen molar-refractivity contribution in [2.45, 2.75) is 13.8 Å². The zero-order valence-corrected chi connectivity index (χ0v) is 10.6. The minimum absolute atomic E-state index is 0.0779. The number of amides is 1. The average Bonchev–Trinajstić information content (AvgIpc) is 2.86. The van der Waals surface area contributed by atoms with Crippen LogP contribution in [0.1, 0.15) is 24.2 Å². The van der Waals surface area contributed by atoms with Crippen LogP contribution in [-0.4, -0.2) is 22.2 Å². The van der Waals surface area contributed by atoms with Gasteiger partial charge in [0.15, 0.2) is 0 Å². The minimum Gasteiger partial charge on any atom is -0.352 e. The van der Waals surface area contributed by atoms with Gasteiger partial charge in [-0.25, -0.2) is 4.68 Å². The zero-order valence-electron chi connectivity index (χ0n) is 10.6. The molecular weight excluding hydrogens is 226 g/mol. The summed E-state index contributed by atoms with van der Waals surface area (Å²) in [4.78, 5) is 11.8. The molecule has 0 aliphatic carbocycles. The van der Waals surface area contributed by atoms with Gasteiger partial charge < -0.3 is 5.32 Å². The molecule has 4 heteroatoms. The van der Waals surface area contributed by atoms with Gasteiger partial charge in [-0.05, 0) is 18.1 Å². The smallest absolute Gasteiger partial charge is 0.254 e. The number of benzene rings is 1. The standard InChI is InChI=1S/C14H17N3O/c1-11(2)8-15-14(18)12-9-16-17(10-12)13-6-4-3-5-7-13/h3-7,9-11H,8H2,1-2H3,(H,15,18). The van der Waals surface area contributed by atoms with Gasteiger partial charge in [-0.15, -0.1) is 0 Å². The molecule has 0 unspecified atom stereocenters. The summed E-state index contributed by atoms with van der Waals surface area (Å²) in [6.45, 7) is 4.80. The van der Waals surface area contributed by atoms with Gasteiger partial charge in [0.1, 0.15) is 0 Å². The number of hydrogen-bond donors (Lipinski definition) is 1. The third-order valence-corrected chi connectivity index (χ3v) is 2.54. The summed E-state index contributed by atoms with van der Waals surface area (Å²) >= 11 is 0. The van der Waals surface area contributed by atoms with Crippen LogP contribution in [0.15, 0.2) is 42.7 Å². The summed E-state index contributed by atoms with van der Waals surface area (Å²) in [6.07, 6.45) is 3.33. The molecule has 4 nitrogen and oxygen atoms in total. The maximum Gasteiger partial charge on any atom is 0.254 e. The first-order chi connectivity index (χ1) is 8.66. The molecule has 1 N–H and O–H groups in total. The predicted octanol–water partition coefficient (Wildman–Crippen LogP) is 2.26. The van der Waals surface area contributed by atoms with Gasteiger partial charge >= 0.3 is 0 Å². The van der Waals surface area contributed by atoms with E-state index >= 15 is 0 Å². The fourth-order valence-corrected chi connectivity index (χ4v) is 1.56. The first kappa shape index (κ1) is 12.4. The van der Waals surface area contributed by atoms with Crippen LogP contribution < -0.4 is 5.32 Å². The molecule has 1 aromatic carbocycles. The molecule has 0 spiro atoms. The van der Waals surface area contributed by atoms with Gasteiger partial charge in [0.05, 0.1) is 17.4 Å². The van der Waals surface area contributed by atoms with Crippen molar-refractivity contribution in [1.82, 2.24) is 15.1 Å². The number of rotatable bonds is 4. The van der Waals surface area contributed by atoms with Gasteiger partial charge in [-0.2, -0.15) is 5.10 Å². The summed E-state index contributed by atoms with van der Waals surface area (Å²) in [5, 5.41) is 7.06. The van der Waals surface area contributed by atoms with Crippen molar-refractivity contribution >= 4 is 5.91 Å². The van der Waals surface area contributed by atoms with Crippen molar-refractivity contribution in [2.75, 3.05) is 6.54 Å². The molecular formula is C14H17N3O. The van der Waals surface area contributed by atoms with E-state index in [1.165, 1.54) is 0 Å². The summed E-state index contributed by atoms with van der Waals surface area (Å²) in [6, 6.07) is 9.72. The van der Waals surface area contributed by atoms with E-state index in [0.717, 1.165) is 5.69 Å². The summed E-state index contributed by atoms with van der Waals surface area (Å²) in [5.74, 6) is 0.365. The van der Waals surface area contributed by atoms with E-state index in [2.05, 4.69) is 24.3 Å². The Hall–Kier alpha value is -2.10. The van der Waals surface area contributed by atoms with E-state index in [9.17, 15) is 4.79 Å². The van der Waals surface area contributed by atoms with Crippen LogP contribution in [0, 0.1) is 5.92 Å². The average molecular weight is 243 g/mol. The highest BCUT2D eigenvalue weighted by molar-refractivity contribution is 5.93. The van der Waals surface area contributed by atoms with Gasteiger partial charge in [-0.3, -0.25) is 4.79 Å². The number of hydrogen-bond acceptors (Lipinski definition) is 2. The molecule has 2 aromatic rings. The third-order valence-electron chi connectivity index (χ3n) is 2.54. The van der Waals surface area contributed by atoms with Crippen molar-refractivity contribution in [2.24, 2.45) is 5.92 Å². The lowest BCUT2D eigenvalue weighted by Gasteiger charge is -2.05. The summed E-state index contributed by atoms with van der Waals surface area (Å²) < 4.78 is 1.70. The lowest BCUT2D eigenvalue weighted by Crippen LogP contribution is -2.26. The van der Waals surface area contributed by atoms with E-state index in [-0.39, 0.29) is 5.91 Å². The molecule has 18 heavy (non-hydrogen) atoms. The van der Waals surface area contributed by atoms with E-state index < -0.39 is 0 Å². The fourth-order valence-electron chi connectivity index (χ4n) is 1.56. The van der Waals surface area contributed by atoms with Gasteiger partial charge in [-0.1, -0.05) is 32.0 Å². The molecule has 0 atom stereocenters. The predicted molar refractivity (Wildman–Crippen MR) is 70.7 cm³/mol. The van der Waals surface area contributed by atoms with Crippen molar-refractivity contribution < 1.29 is 4.79 Å². The molecule has 1 heterocycles. The van der Waals surface area contributed by atoms with Gasteiger partial charge in [0.2, 0.25) is 0 Å². The Balaban J connectivity index is 2.09. The third kappa shape index (κ3) is 2.97. The van der Waals surface area contributed by atoms with Crippen molar-refractivity contribution in [3.63, 3.8) is 0 Å². The van der Waals surface area contributed by atoms with Crippen LogP contribution >= 0.6 is 0 Å². The van der Waals surface area contributed by atoms with E-state index in [4.69, 9.17) is 0 Å². The molecule has 1 aromatic heterocycles. The van der Waals surface area contributed by atoms with E-state index in [1.807, 2.05) is 30.3 Å². The van der Waals surface area contributed by atoms with Crippen LogP contribution in [0.25, 0.3) is 5.69 Å². The monoisotopic (exact) mass is 243 g/mol. The largest absolute Gasteiger partial charge is 0.352 e. The number of carbonyl (C=O) groups excluding carboxylic acids is 1. The quantitative estimate of drug-likeness (QED) is 0.895. The molecule has 1 amide bonds.